The van der Waals surface area contributed by atoms with Crippen LogP contribution in [0.2, 0.25) is 5.02 Å². The van der Waals surface area contributed by atoms with Gasteiger partial charge in [-0.15, -0.1) is 0 Å². The fourth-order valence-electron chi connectivity index (χ4n) is 2.24. The van der Waals surface area contributed by atoms with E-state index in [0.717, 1.165) is 31.5 Å². The molecule has 1 amide bonds. The molecule has 0 aliphatic rings. The summed E-state index contributed by atoms with van der Waals surface area (Å²) < 4.78 is 0. The Balaban J connectivity index is 2.96. The molecule has 0 atom stereocenters. The summed E-state index contributed by atoms with van der Waals surface area (Å²) in [6, 6.07) is 7.57. The van der Waals surface area contributed by atoms with Crippen LogP contribution in [0.25, 0.3) is 0 Å². The monoisotopic (exact) mass is 281 g/mol. The molecule has 1 aromatic rings. The summed E-state index contributed by atoms with van der Waals surface area (Å²) in [6.45, 7) is 9.82. The number of halogens is 1. The Hall–Kier alpha value is -1.02. The van der Waals surface area contributed by atoms with Crippen molar-refractivity contribution in [3.8, 4) is 0 Å². The third kappa shape index (κ3) is 3.97. The van der Waals surface area contributed by atoms with Crippen LogP contribution in [0.15, 0.2) is 24.3 Å². The molecule has 1 aromatic carbocycles. The van der Waals surface area contributed by atoms with Crippen molar-refractivity contribution in [2.24, 2.45) is 0 Å². The van der Waals surface area contributed by atoms with E-state index in [0.29, 0.717) is 5.02 Å². The predicted molar refractivity (Wildman–Crippen MR) is 81.6 cm³/mol. The number of carbonyl (C=O) groups excluding carboxylic acids is 1. The lowest BCUT2D eigenvalue weighted by Crippen LogP contribution is -2.44. The second-order valence-corrected chi connectivity index (χ2v) is 5.86. The van der Waals surface area contributed by atoms with Gasteiger partial charge in [-0.2, -0.15) is 0 Å². The van der Waals surface area contributed by atoms with Crippen molar-refractivity contribution in [3.63, 3.8) is 0 Å². The van der Waals surface area contributed by atoms with Gasteiger partial charge in [0.2, 0.25) is 5.91 Å². The molecule has 0 unspecified atom stereocenters. The van der Waals surface area contributed by atoms with Crippen molar-refractivity contribution in [2.75, 3.05) is 13.1 Å². The molecular weight excluding hydrogens is 258 g/mol. The SMILES string of the molecule is CCCN(CCC)C(=O)C(C)(C)c1ccc(Cl)cc1. The first kappa shape index (κ1) is 16.0. The van der Waals surface area contributed by atoms with Gasteiger partial charge < -0.3 is 4.90 Å². The first-order chi connectivity index (χ1) is 8.93. The summed E-state index contributed by atoms with van der Waals surface area (Å²) in [5, 5.41) is 0.700. The fourth-order valence-corrected chi connectivity index (χ4v) is 2.37. The Morgan fingerprint density at radius 2 is 1.58 bits per heavy atom. The van der Waals surface area contributed by atoms with Crippen LogP contribution in [0.4, 0.5) is 0 Å². The number of amides is 1. The van der Waals surface area contributed by atoms with E-state index in [1.54, 1.807) is 0 Å². The maximum Gasteiger partial charge on any atom is 0.232 e. The highest BCUT2D eigenvalue weighted by molar-refractivity contribution is 6.30. The number of hydrogen-bond donors (Lipinski definition) is 0. The summed E-state index contributed by atoms with van der Waals surface area (Å²) in [7, 11) is 0. The van der Waals surface area contributed by atoms with Gasteiger partial charge in [-0.25, -0.2) is 0 Å². The van der Waals surface area contributed by atoms with Crippen molar-refractivity contribution in [2.45, 2.75) is 46.0 Å². The molecule has 1 rings (SSSR count). The normalized spacial score (nSPS) is 11.4. The Bertz CT molecular complexity index is 405. The molecule has 0 saturated carbocycles. The highest BCUT2D eigenvalue weighted by atomic mass is 35.5. The van der Waals surface area contributed by atoms with Gasteiger partial charge in [0.25, 0.3) is 0 Å². The second-order valence-electron chi connectivity index (χ2n) is 5.42. The van der Waals surface area contributed by atoms with Crippen LogP contribution < -0.4 is 0 Å². The third-order valence-corrected chi connectivity index (χ3v) is 3.63. The first-order valence-electron chi connectivity index (χ1n) is 6.98. The molecule has 0 radical (unpaired) electrons. The minimum absolute atomic E-state index is 0.193. The molecule has 3 heteroatoms. The van der Waals surface area contributed by atoms with Crippen molar-refractivity contribution >= 4 is 17.5 Å². The van der Waals surface area contributed by atoms with E-state index in [9.17, 15) is 4.79 Å². The number of rotatable bonds is 6. The van der Waals surface area contributed by atoms with Crippen molar-refractivity contribution in [3.05, 3.63) is 34.9 Å². The molecule has 0 aliphatic heterocycles. The summed E-state index contributed by atoms with van der Waals surface area (Å²) in [5.41, 5.74) is 0.508. The van der Waals surface area contributed by atoms with Gasteiger partial charge in [0.1, 0.15) is 0 Å². The molecule has 19 heavy (non-hydrogen) atoms. The quantitative estimate of drug-likeness (QED) is 0.763. The molecule has 0 aliphatic carbocycles. The molecule has 0 spiro atoms. The van der Waals surface area contributed by atoms with Gasteiger partial charge in [0.05, 0.1) is 5.41 Å². The van der Waals surface area contributed by atoms with E-state index in [1.165, 1.54) is 0 Å². The van der Waals surface area contributed by atoms with E-state index in [2.05, 4.69) is 13.8 Å². The minimum Gasteiger partial charge on any atom is -0.342 e. The number of benzene rings is 1. The summed E-state index contributed by atoms with van der Waals surface area (Å²) in [6.07, 6.45) is 1.98. The summed E-state index contributed by atoms with van der Waals surface area (Å²) >= 11 is 5.91. The molecule has 0 heterocycles. The zero-order valence-corrected chi connectivity index (χ0v) is 13.1. The smallest absolute Gasteiger partial charge is 0.232 e. The lowest BCUT2D eigenvalue weighted by Gasteiger charge is -2.32. The maximum absolute atomic E-state index is 12.7. The van der Waals surface area contributed by atoms with Gasteiger partial charge in [-0.05, 0) is 44.4 Å². The molecule has 2 nitrogen and oxygen atoms in total. The highest BCUT2D eigenvalue weighted by Gasteiger charge is 2.33. The zero-order chi connectivity index (χ0) is 14.5. The first-order valence-corrected chi connectivity index (χ1v) is 7.36. The Morgan fingerprint density at radius 1 is 1.11 bits per heavy atom. The Morgan fingerprint density at radius 3 is 2.00 bits per heavy atom. The van der Waals surface area contributed by atoms with E-state index in [-0.39, 0.29) is 5.91 Å². The zero-order valence-electron chi connectivity index (χ0n) is 12.4. The van der Waals surface area contributed by atoms with Gasteiger partial charge in [0.15, 0.2) is 0 Å². The van der Waals surface area contributed by atoms with E-state index < -0.39 is 5.41 Å². The standard InChI is InChI=1S/C16H24ClNO/c1-5-11-18(12-6-2)15(19)16(3,4)13-7-9-14(17)10-8-13/h7-10H,5-6,11-12H2,1-4H3. The maximum atomic E-state index is 12.7. The minimum atomic E-state index is -0.505. The van der Waals surface area contributed by atoms with Gasteiger partial charge in [-0.3, -0.25) is 4.79 Å². The number of nitrogens with zero attached hydrogens (tertiary/aromatic N) is 1. The summed E-state index contributed by atoms with van der Waals surface area (Å²) in [5.74, 6) is 0.193. The van der Waals surface area contributed by atoms with Gasteiger partial charge in [0, 0.05) is 18.1 Å². The lowest BCUT2D eigenvalue weighted by molar-refractivity contribution is -0.136. The summed E-state index contributed by atoms with van der Waals surface area (Å²) in [4.78, 5) is 14.7. The molecular formula is C16H24ClNO. The largest absolute Gasteiger partial charge is 0.342 e. The van der Waals surface area contributed by atoms with Gasteiger partial charge in [-0.1, -0.05) is 37.6 Å². The molecule has 0 saturated heterocycles. The van der Waals surface area contributed by atoms with Crippen LogP contribution in [-0.4, -0.2) is 23.9 Å². The van der Waals surface area contributed by atoms with Crippen molar-refractivity contribution < 1.29 is 4.79 Å². The van der Waals surface area contributed by atoms with Crippen LogP contribution in [-0.2, 0) is 10.2 Å². The predicted octanol–water partition coefficient (Wildman–Crippen LogP) is 4.27. The van der Waals surface area contributed by atoms with Crippen LogP contribution in [0.3, 0.4) is 0 Å². The highest BCUT2D eigenvalue weighted by Crippen LogP contribution is 2.27. The lowest BCUT2D eigenvalue weighted by atomic mass is 9.83. The van der Waals surface area contributed by atoms with Crippen LogP contribution >= 0.6 is 11.6 Å². The molecule has 0 bridgehead atoms. The average Bonchev–Trinajstić information content (AvgIpc) is 2.38. The topological polar surface area (TPSA) is 20.3 Å². The molecule has 0 N–H and O–H groups in total. The fraction of sp³-hybridized carbons (Fsp3) is 0.562. The molecule has 0 fully saturated rings. The van der Waals surface area contributed by atoms with E-state index in [4.69, 9.17) is 11.6 Å². The average molecular weight is 282 g/mol. The Kier molecular flexibility index (Phi) is 5.86. The van der Waals surface area contributed by atoms with E-state index >= 15 is 0 Å². The van der Waals surface area contributed by atoms with Crippen LogP contribution in [0.5, 0.6) is 0 Å². The van der Waals surface area contributed by atoms with Crippen molar-refractivity contribution in [1.82, 2.24) is 4.90 Å². The number of carbonyl (C=O) groups is 1. The Labute approximate surface area is 121 Å². The number of hydrogen-bond acceptors (Lipinski definition) is 1. The van der Waals surface area contributed by atoms with Gasteiger partial charge >= 0.3 is 0 Å². The molecule has 0 aromatic heterocycles. The van der Waals surface area contributed by atoms with Crippen molar-refractivity contribution in [1.29, 1.82) is 0 Å². The van der Waals surface area contributed by atoms with Crippen LogP contribution in [0, 0.1) is 0 Å². The van der Waals surface area contributed by atoms with Crippen LogP contribution in [0.1, 0.15) is 46.1 Å². The van der Waals surface area contributed by atoms with E-state index in [1.807, 2.05) is 43.0 Å². The molecule has 106 valence electrons. The second kappa shape index (κ2) is 6.95. The third-order valence-electron chi connectivity index (χ3n) is 3.37.